The number of piperazine rings is 1. The van der Waals surface area contributed by atoms with Crippen LogP contribution in [-0.2, 0) is 12.7 Å². The second-order valence-corrected chi connectivity index (χ2v) is 10.8. The largest absolute Gasteiger partial charge is 0.438 e. The lowest BCUT2D eigenvalue weighted by atomic mass is 10.0. The second kappa shape index (κ2) is 13.6. The van der Waals surface area contributed by atoms with E-state index in [9.17, 15) is 18.0 Å². The van der Waals surface area contributed by atoms with Crippen LogP contribution >= 0.6 is 11.6 Å². The fourth-order valence-corrected chi connectivity index (χ4v) is 4.98. The third-order valence-electron chi connectivity index (χ3n) is 7.20. The average Bonchev–Trinajstić information content (AvgIpc) is 3.01. The molecule has 5 rings (SSSR count). The molecule has 1 aliphatic heterocycles. The lowest BCUT2D eigenvalue weighted by molar-refractivity contribution is -0.138. The molecule has 2 aromatic carbocycles. The summed E-state index contributed by atoms with van der Waals surface area (Å²) in [4.78, 5) is 34.2. The van der Waals surface area contributed by atoms with Crippen molar-refractivity contribution >= 4 is 35.2 Å². The van der Waals surface area contributed by atoms with Crippen molar-refractivity contribution in [2.45, 2.75) is 12.7 Å². The Bertz CT molecular complexity index is 1710. The average molecular weight is 639 g/mol. The Balaban J connectivity index is 1.39. The van der Waals surface area contributed by atoms with E-state index in [1.807, 2.05) is 11.9 Å². The highest BCUT2D eigenvalue weighted by Crippen LogP contribution is 2.35. The molecule has 3 heterocycles. The molecular weight excluding hydrogens is 609 g/mol. The zero-order valence-electron chi connectivity index (χ0n) is 24.5. The number of carbonyl (C=O) groups is 1. The first-order chi connectivity index (χ1) is 21.5. The van der Waals surface area contributed by atoms with Crippen LogP contribution in [0.5, 0.6) is 11.6 Å². The molecule has 0 aliphatic carbocycles. The van der Waals surface area contributed by atoms with E-state index in [0.717, 1.165) is 19.2 Å². The molecule has 234 valence electrons. The lowest BCUT2D eigenvalue weighted by Gasteiger charge is -2.33. The van der Waals surface area contributed by atoms with Crippen molar-refractivity contribution in [1.29, 1.82) is 0 Å². The van der Waals surface area contributed by atoms with Crippen molar-refractivity contribution in [3.8, 4) is 23.0 Å². The fourth-order valence-electron chi connectivity index (χ4n) is 4.78. The number of pyridine rings is 1. The molecule has 0 saturated carbocycles. The van der Waals surface area contributed by atoms with Crippen LogP contribution in [0.4, 0.5) is 24.7 Å². The summed E-state index contributed by atoms with van der Waals surface area (Å²) in [5, 5.41) is 2.61. The number of likely N-dealkylation sites (N-methyl/N-ethyl adjacent to an activating group) is 1. The summed E-state index contributed by atoms with van der Waals surface area (Å²) in [6.07, 6.45) is -0.00241. The Morgan fingerprint density at radius 1 is 1.09 bits per heavy atom. The summed E-state index contributed by atoms with van der Waals surface area (Å²) in [7, 11) is 3.53. The second-order valence-electron chi connectivity index (χ2n) is 10.4. The summed E-state index contributed by atoms with van der Waals surface area (Å²) in [5.41, 5.74) is 6.43. The van der Waals surface area contributed by atoms with Crippen LogP contribution < -0.4 is 15.8 Å². The van der Waals surface area contributed by atoms with Gasteiger partial charge in [0.1, 0.15) is 11.6 Å². The van der Waals surface area contributed by atoms with Crippen molar-refractivity contribution < 1.29 is 22.7 Å². The van der Waals surface area contributed by atoms with E-state index in [1.54, 1.807) is 31.6 Å². The van der Waals surface area contributed by atoms with E-state index in [-0.39, 0.29) is 51.7 Å². The quantitative estimate of drug-likeness (QED) is 0.238. The molecule has 0 radical (unpaired) electrons. The number of aliphatic imine (C=N–C) groups is 1. The van der Waals surface area contributed by atoms with Crippen molar-refractivity contribution in [1.82, 2.24) is 24.8 Å². The van der Waals surface area contributed by atoms with Crippen LogP contribution in [0.2, 0.25) is 5.02 Å². The van der Waals surface area contributed by atoms with Crippen LogP contribution in [0.25, 0.3) is 11.4 Å². The van der Waals surface area contributed by atoms with E-state index >= 15 is 0 Å². The number of aromatic nitrogens is 3. The molecule has 1 amide bonds. The molecule has 3 N–H and O–H groups in total. The number of benzene rings is 2. The molecule has 1 aliphatic rings. The number of carbonyl (C=O) groups excluding carboxylic acids is 1. The van der Waals surface area contributed by atoms with Gasteiger partial charge in [-0.25, -0.2) is 4.98 Å². The minimum absolute atomic E-state index is 0.0219. The van der Waals surface area contributed by atoms with Crippen LogP contribution in [0.3, 0.4) is 0 Å². The smallest absolute Gasteiger partial charge is 0.416 e. The maximum Gasteiger partial charge on any atom is 0.416 e. The lowest BCUT2D eigenvalue weighted by Crippen LogP contribution is -2.44. The molecule has 45 heavy (non-hydrogen) atoms. The molecule has 2 aromatic heterocycles. The van der Waals surface area contributed by atoms with E-state index in [1.165, 1.54) is 36.5 Å². The van der Waals surface area contributed by atoms with Gasteiger partial charge in [0, 0.05) is 69.6 Å². The maximum absolute atomic E-state index is 14.1. The minimum atomic E-state index is -4.61. The van der Waals surface area contributed by atoms with Crippen molar-refractivity contribution in [2.75, 3.05) is 51.3 Å². The first-order valence-corrected chi connectivity index (χ1v) is 14.3. The van der Waals surface area contributed by atoms with Crippen LogP contribution in [0.1, 0.15) is 27.0 Å². The molecule has 0 bridgehead atoms. The highest BCUT2D eigenvalue weighted by atomic mass is 35.5. The predicted octanol–water partition coefficient (Wildman–Crippen LogP) is 5.63. The Kier molecular flexibility index (Phi) is 9.61. The first-order valence-electron chi connectivity index (χ1n) is 13.9. The van der Waals surface area contributed by atoms with Crippen molar-refractivity contribution in [2.24, 2.45) is 4.99 Å². The molecule has 0 unspecified atom stereocenters. The van der Waals surface area contributed by atoms with Crippen LogP contribution in [-0.4, -0.2) is 77.1 Å². The number of rotatable bonds is 8. The number of amides is 1. The number of hydrogen-bond donors (Lipinski definition) is 2. The first kappa shape index (κ1) is 31.8. The topological polar surface area (TPSA) is 122 Å². The number of anilines is 2. The highest BCUT2D eigenvalue weighted by Gasteiger charge is 2.34. The van der Waals surface area contributed by atoms with E-state index in [0.29, 0.717) is 24.2 Å². The molecule has 0 spiro atoms. The number of alkyl halides is 3. The number of hydrogen-bond acceptors (Lipinski definition) is 9. The Labute approximate surface area is 262 Å². The van der Waals surface area contributed by atoms with Crippen molar-refractivity contribution in [3.05, 3.63) is 88.2 Å². The number of nitrogens with two attached hydrogens (primary N) is 1. The minimum Gasteiger partial charge on any atom is -0.438 e. The molecule has 4 aromatic rings. The third-order valence-corrected chi connectivity index (χ3v) is 7.53. The van der Waals surface area contributed by atoms with Gasteiger partial charge in [0.2, 0.25) is 5.88 Å². The normalized spacial score (nSPS) is 14.5. The molecule has 1 fully saturated rings. The van der Waals surface area contributed by atoms with Gasteiger partial charge in [0.25, 0.3) is 5.91 Å². The zero-order valence-corrected chi connectivity index (χ0v) is 25.2. The molecule has 14 heteroatoms. The number of nitrogens with one attached hydrogen (secondary N) is 1. The van der Waals surface area contributed by atoms with Gasteiger partial charge in [-0.1, -0.05) is 17.7 Å². The summed E-state index contributed by atoms with van der Waals surface area (Å²) in [5.74, 6) is -0.0881. The van der Waals surface area contributed by atoms with Gasteiger partial charge in [-0.15, -0.1) is 0 Å². The van der Waals surface area contributed by atoms with Crippen LogP contribution in [0, 0.1) is 0 Å². The fraction of sp³-hybridized carbons (Fsp3) is 0.258. The summed E-state index contributed by atoms with van der Waals surface area (Å²) in [6, 6.07) is 11.5. The van der Waals surface area contributed by atoms with Gasteiger partial charge in [-0.3, -0.25) is 19.7 Å². The molecular formula is C31H30ClF3N8O2. The Hall–Kier alpha value is -4.59. The van der Waals surface area contributed by atoms with Gasteiger partial charge < -0.3 is 20.7 Å². The third kappa shape index (κ3) is 7.74. The van der Waals surface area contributed by atoms with Crippen LogP contribution in [0.15, 0.2) is 65.9 Å². The SMILES string of the molecule is CN=Cc1c(N)nc(-c2ccncc2)nc1Oc1ccc(Cl)c(C(=O)Nc2ccc(CN3CCN(C)CC3)c(C(F)(F)F)c2)c1. The monoisotopic (exact) mass is 638 g/mol. The number of ether oxygens (including phenoxy) is 1. The standard InChI is InChI=1S/C31H30ClF3N8O2/c1-37-17-24-27(36)40-28(19-7-9-38-10-8-19)41-30(24)45-22-5-6-26(32)23(16-22)29(44)39-21-4-3-20(25(15-21)31(33,34)35)18-43-13-11-42(2)12-14-43/h3-10,15-17H,11-14,18H2,1-2H3,(H,39,44)(H2,36,40,41). The molecule has 0 atom stereocenters. The zero-order chi connectivity index (χ0) is 32.1. The van der Waals surface area contributed by atoms with Gasteiger partial charge in [-0.05, 0) is 55.1 Å². The predicted molar refractivity (Wildman–Crippen MR) is 167 cm³/mol. The van der Waals surface area contributed by atoms with E-state index in [4.69, 9.17) is 22.1 Å². The van der Waals surface area contributed by atoms with Gasteiger partial charge in [0.05, 0.1) is 21.7 Å². The van der Waals surface area contributed by atoms with Gasteiger partial charge in [0.15, 0.2) is 5.82 Å². The molecule has 1 saturated heterocycles. The Morgan fingerprint density at radius 2 is 1.82 bits per heavy atom. The number of halogens is 4. The van der Waals surface area contributed by atoms with E-state index in [2.05, 4.69) is 30.2 Å². The molecule has 10 nitrogen and oxygen atoms in total. The van der Waals surface area contributed by atoms with Gasteiger partial charge in [-0.2, -0.15) is 18.2 Å². The summed E-state index contributed by atoms with van der Waals surface area (Å²) < 4.78 is 48.2. The van der Waals surface area contributed by atoms with Crippen molar-refractivity contribution in [3.63, 3.8) is 0 Å². The summed E-state index contributed by atoms with van der Waals surface area (Å²) >= 11 is 6.34. The maximum atomic E-state index is 14.1. The Morgan fingerprint density at radius 3 is 2.51 bits per heavy atom. The number of nitrogens with zero attached hydrogens (tertiary/aromatic N) is 6. The number of nitrogen functional groups attached to an aromatic ring is 1. The van der Waals surface area contributed by atoms with Gasteiger partial charge >= 0.3 is 6.18 Å². The summed E-state index contributed by atoms with van der Waals surface area (Å²) in [6.45, 7) is 3.06. The van der Waals surface area contributed by atoms with E-state index < -0.39 is 17.6 Å². The highest BCUT2D eigenvalue weighted by molar-refractivity contribution is 6.34.